The van der Waals surface area contributed by atoms with E-state index in [-0.39, 0.29) is 17.2 Å². The average molecular weight is 331 g/mol. The maximum absolute atomic E-state index is 12.9. The van der Waals surface area contributed by atoms with E-state index in [1.54, 1.807) is 36.3 Å². The van der Waals surface area contributed by atoms with Crippen molar-refractivity contribution in [1.29, 1.82) is 0 Å². The fraction of sp³-hybridized carbons (Fsp3) is 0.412. The Morgan fingerprint density at radius 3 is 2.42 bits per heavy atom. The van der Waals surface area contributed by atoms with Crippen molar-refractivity contribution in [1.82, 2.24) is 14.5 Å². The Morgan fingerprint density at radius 1 is 1.08 bits per heavy atom. The molecule has 0 atom stereocenters. The highest BCUT2D eigenvalue weighted by atomic mass is 16.7. The van der Waals surface area contributed by atoms with Crippen LogP contribution >= 0.6 is 0 Å². The molecule has 1 amide bonds. The molecule has 0 N–H and O–H groups in total. The first-order valence-electron chi connectivity index (χ1n) is 7.81. The second kappa shape index (κ2) is 6.52. The van der Waals surface area contributed by atoms with Gasteiger partial charge in [0.2, 0.25) is 0 Å². The van der Waals surface area contributed by atoms with Crippen molar-refractivity contribution in [3.05, 3.63) is 40.3 Å². The average Bonchev–Trinajstić information content (AvgIpc) is 2.61. The van der Waals surface area contributed by atoms with Crippen LogP contribution in [0.15, 0.2) is 29.1 Å². The van der Waals surface area contributed by atoms with E-state index >= 15 is 0 Å². The van der Waals surface area contributed by atoms with Crippen molar-refractivity contribution < 1.29 is 14.4 Å². The Balaban J connectivity index is 2.08. The zero-order valence-corrected chi connectivity index (χ0v) is 14.1. The van der Waals surface area contributed by atoms with Crippen molar-refractivity contribution in [3.8, 4) is 5.75 Å². The molecule has 128 valence electrons. The predicted molar refractivity (Wildman–Crippen MR) is 90.7 cm³/mol. The summed E-state index contributed by atoms with van der Waals surface area (Å²) in [5.41, 5.74) is -0.122. The summed E-state index contributed by atoms with van der Waals surface area (Å²) < 4.78 is 6.27. The molecule has 7 nitrogen and oxygen atoms in total. The third kappa shape index (κ3) is 2.82. The van der Waals surface area contributed by atoms with Crippen LogP contribution in [-0.2, 0) is 0 Å². The van der Waals surface area contributed by atoms with Gasteiger partial charge in [0, 0.05) is 26.2 Å². The number of hydrogen-bond donors (Lipinski definition) is 0. The maximum atomic E-state index is 12.9. The quantitative estimate of drug-likeness (QED) is 0.817. The fourth-order valence-corrected chi connectivity index (χ4v) is 2.91. The smallest absolute Gasteiger partial charge is 0.291 e. The highest BCUT2D eigenvalue weighted by Crippen LogP contribution is 2.20. The molecule has 0 radical (unpaired) electrons. The fourth-order valence-electron chi connectivity index (χ4n) is 2.91. The van der Waals surface area contributed by atoms with Gasteiger partial charge in [-0.15, -0.1) is 4.73 Å². The van der Waals surface area contributed by atoms with Crippen molar-refractivity contribution in [2.75, 3.05) is 47.4 Å². The molecule has 1 fully saturated rings. The van der Waals surface area contributed by atoms with Crippen LogP contribution in [0.25, 0.3) is 10.8 Å². The number of likely N-dealkylation sites (N-methyl/N-ethyl adjacent to an activating group) is 1. The van der Waals surface area contributed by atoms with E-state index in [9.17, 15) is 9.59 Å². The summed E-state index contributed by atoms with van der Waals surface area (Å²) in [6, 6.07) is 6.82. The van der Waals surface area contributed by atoms with Crippen LogP contribution in [-0.4, -0.2) is 67.9 Å². The largest absolute Gasteiger partial charge is 0.497 e. The lowest BCUT2D eigenvalue weighted by atomic mass is 10.1. The monoisotopic (exact) mass is 331 g/mol. The Hall–Kier alpha value is -2.54. The highest BCUT2D eigenvalue weighted by Gasteiger charge is 2.24. The van der Waals surface area contributed by atoms with Gasteiger partial charge in [-0.1, -0.05) is 0 Å². The van der Waals surface area contributed by atoms with E-state index in [0.29, 0.717) is 29.6 Å². The highest BCUT2D eigenvalue weighted by molar-refractivity contribution is 5.97. The van der Waals surface area contributed by atoms with E-state index in [4.69, 9.17) is 9.57 Å². The van der Waals surface area contributed by atoms with Gasteiger partial charge < -0.3 is 19.4 Å². The number of pyridine rings is 1. The minimum absolute atomic E-state index is 0.202. The second-order valence-corrected chi connectivity index (χ2v) is 5.86. The molecule has 1 saturated heterocycles. The molecular formula is C17H21N3O4. The number of ether oxygens (including phenoxy) is 1. The van der Waals surface area contributed by atoms with Crippen LogP contribution in [0.2, 0.25) is 0 Å². The van der Waals surface area contributed by atoms with Gasteiger partial charge in [0.1, 0.15) is 18.6 Å². The number of methoxy groups -OCH3 is 1. The molecule has 24 heavy (non-hydrogen) atoms. The lowest BCUT2D eigenvalue weighted by Gasteiger charge is -2.32. The molecule has 7 heteroatoms. The van der Waals surface area contributed by atoms with E-state index in [1.165, 1.54) is 7.11 Å². The molecule has 0 saturated carbocycles. The summed E-state index contributed by atoms with van der Waals surface area (Å²) in [5.74, 6) is 0.432. The number of benzene rings is 1. The summed E-state index contributed by atoms with van der Waals surface area (Å²) in [7, 11) is 4.97. The molecule has 2 heterocycles. The number of rotatable bonds is 3. The number of hydrogen-bond acceptors (Lipinski definition) is 5. The lowest BCUT2D eigenvalue weighted by molar-refractivity contribution is 0.0604. The number of carbonyl (C=O) groups is 1. The lowest BCUT2D eigenvalue weighted by Crippen LogP contribution is -2.48. The molecule has 1 aromatic carbocycles. The van der Waals surface area contributed by atoms with Crippen molar-refractivity contribution in [2.24, 2.45) is 0 Å². The molecule has 0 unspecified atom stereocenters. The third-order valence-corrected chi connectivity index (χ3v) is 4.38. The third-order valence-electron chi connectivity index (χ3n) is 4.38. The Bertz CT molecular complexity index is 822. The van der Waals surface area contributed by atoms with E-state index in [0.717, 1.165) is 17.8 Å². The van der Waals surface area contributed by atoms with Gasteiger partial charge in [-0.2, -0.15) is 0 Å². The molecule has 3 rings (SSSR count). The number of carbonyl (C=O) groups excluding carboxylic acids is 1. The number of piperazine rings is 1. The topological polar surface area (TPSA) is 64.0 Å². The number of aromatic nitrogens is 1. The minimum Gasteiger partial charge on any atom is -0.497 e. The Morgan fingerprint density at radius 2 is 1.79 bits per heavy atom. The van der Waals surface area contributed by atoms with Gasteiger partial charge in [-0.05, 0) is 36.7 Å². The summed E-state index contributed by atoms with van der Waals surface area (Å²) in [4.78, 5) is 34.6. The number of amides is 1. The van der Waals surface area contributed by atoms with E-state index < -0.39 is 0 Å². The minimum atomic E-state index is -0.352. The molecule has 0 aliphatic carbocycles. The molecule has 1 aliphatic rings. The van der Waals surface area contributed by atoms with Gasteiger partial charge in [-0.3, -0.25) is 9.59 Å². The van der Waals surface area contributed by atoms with Crippen LogP contribution in [0, 0.1) is 0 Å². The van der Waals surface area contributed by atoms with Crippen LogP contribution in [0.1, 0.15) is 10.5 Å². The van der Waals surface area contributed by atoms with Crippen molar-refractivity contribution >= 4 is 16.7 Å². The number of nitrogens with zero attached hydrogens (tertiary/aromatic N) is 3. The van der Waals surface area contributed by atoms with Crippen LogP contribution in [0.4, 0.5) is 0 Å². The standard InChI is InChI=1S/C17H21N3O4/c1-18-6-8-19(9-7-18)17(22)15-11-12-10-13(23-2)4-5-14(12)16(21)20(15)24-3/h4-5,10-11H,6-9H2,1-3H3. The summed E-state index contributed by atoms with van der Waals surface area (Å²) in [6.07, 6.45) is 0. The zero-order valence-electron chi connectivity index (χ0n) is 14.1. The normalized spacial score (nSPS) is 15.5. The molecular weight excluding hydrogens is 310 g/mol. The number of fused-ring (bicyclic) bond motifs is 1. The second-order valence-electron chi connectivity index (χ2n) is 5.86. The van der Waals surface area contributed by atoms with Crippen LogP contribution in [0.3, 0.4) is 0 Å². The predicted octanol–water partition coefficient (Wildman–Crippen LogP) is 0.456. The van der Waals surface area contributed by atoms with E-state index in [2.05, 4.69) is 4.90 Å². The summed E-state index contributed by atoms with van der Waals surface area (Å²) in [6.45, 7) is 2.88. The first-order chi connectivity index (χ1) is 11.5. The van der Waals surface area contributed by atoms with Crippen LogP contribution in [0.5, 0.6) is 5.75 Å². The van der Waals surface area contributed by atoms with Gasteiger partial charge in [0.25, 0.3) is 11.5 Å². The summed E-state index contributed by atoms with van der Waals surface area (Å²) >= 11 is 0. The molecule has 1 aliphatic heterocycles. The Kier molecular flexibility index (Phi) is 4.44. The first-order valence-corrected chi connectivity index (χ1v) is 7.81. The van der Waals surface area contributed by atoms with Crippen molar-refractivity contribution in [3.63, 3.8) is 0 Å². The van der Waals surface area contributed by atoms with Crippen molar-refractivity contribution in [2.45, 2.75) is 0 Å². The molecule has 0 spiro atoms. The van der Waals surface area contributed by atoms with Crippen LogP contribution < -0.4 is 15.1 Å². The molecule has 1 aromatic heterocycles. The SMILES string of the molecule is COc1ccc2c(=O)n(OC)c(C(=O)N3CCN(C)CC3)cc2c1. The maximum Gasteiger partial charge on any atom is 0.291 e. The first kappa shape index (κ1) is 16.3. The van der Waals surface area contributed by atoms with Gasteiger partial charge in [-0.25, -0.2) is 0 Å². The molecule has 2 aromatic rings. The van der Waals surface area contributed by atoms with Gasteiger partial charge in [0.05, 0.1) is 12.5 Å². The molecule has 0 bridgehead atoms. The summed E-state index contributed by atoms with van der Waals surface area (Å²) in [5, 5.41) is 1.14. The van der Waals surface area contributed by atoms with Gasteiger partial charge in [0.15, 0.2) is 0 Å². The Labute approximate surface area is 139 Å². The van der Waals surface area contributed by atoms with E-state index in [1.807, 2.05) is 7.05 Å². The zero-order chi connectivity index (χ0) is 17.3. The van der Waals surface area contributed by atoms with Gasteiger partial charge >= 0.3 is 0 Å².